The lowest BCUT2D eigenvalue weighted by Gasteiger charge is -2.33. The zero-order valence-electron chi connectivity index (χ0n) is 19.4. The molecule has 0 saturated carbocycles. The van der Waals surface area contributed by atoms with E-state index in [1.54, 1.807) is 30.2 Å². The molecule has 2 aromatic heterocycles. The number of anilines is 1. The third-order valence-corrected chi connectivity index (χ3v) is 8.81. The van der Waals surface area contributed by atoms with Crippen molar-refractivity contribution in [1.82, 2.24) is 9.97 Å². The Kier molecular flexibility index (Phi) is 7.83. The van der Waals surface area contributed by atoms with Crippen LogP contribution in [0, 0.1) is 0 Å². The minimum atomic E-state index is -0.176. The highest BCUT2D eigenvalue weighted by molar-refractivity contribution is 8.00. The van der Waals surface area contributed by atoms with Crippen molar-refractivity contribution in [3.63, 3.8) is 0 Å². The monoisotopic (exact) mass is 503 g/mol. The molecule has 1 aliphatic rings. The first-order valence-corrected chi connectivity index (χ1v) is 13.9. The standard InChI is InChI=1S/C24H29N3O3S3/c1-5-11-31-23-26-21(32-14-19(28)25-15-7-9-16(29-4)10-8-15)20-17-12-24(3,6-2)30-13-18(17)33-22(20)27-23/h7-10H,5-6,11-14H2,1-4H3,(H,25,28)/t24-/m1/s1. The SMILES string of the molecule is CCCSc1nc(SCC(=O)Nc2ccc(OC)cc2)c2c3c(sc2n1)CO[C@](C)(CC)C3. The Morgan fingerprint density at radius 2 is 2.03 bits per heavy atom. The molecule has 0 saturated heterocycles. The molecule has 4 rings (SSSR count). The number of carbonyl (C=O) groups is 1. The summed E-state index contributed by atoms with van der Waals surface area (Å²) in [6.07, 6.45) is 2.85. The molecule has 0 aliphatic carbocycles. The van der Waals surface area contributed by atoms with Gasteiger partial charge in [-0.15, -0.1) is 11.3 Å². The topological polar surface area (TPSA) is 73.3 Å². The fourth-order valence-corrected chi connectivity index (χ4v) is 6.45. The van der Waals surface area contributed by atoms with E-state index < -0.39 is 0 Å². The zero-order valence-corrected chi connectivity index (χ0v) is 21.8. The van der Waals surface area contributed by atoms with Gasteiger partial charge < -0.3 is 14.8 Å². The summed E-state index contributed by atoms with van der Waals surface area (Å²) in [5.74, 6) is 1.94. The van der Waals surface area contributed by atoms with Crippen molar-refractivity contribution < 1.29 is 14.3 Å². The minimum absolute atomic E-state index is 0.0643. The summed E-state index contributed by atoms with van der Waals surface area (Å²) in [6, 6.07) is 7.34. The Morgan fingerprint density at radius 1 is 1.24 bits per heavy atom. The van der Waals surface area contributed by atoms with Crippen LogP contribution in [0.5, 0.6) is 5.75 Å². The summed E-state index contributed by atoms with van der Waals surface area (Å²) < 4.78 is 11.3. The van der Waals surface area contributed by atoms with E-state index in [9.17, 15) is 4.79 Å². The van der Waals surface area contributed by atoms with Crippen molar-refractivity contribution in [2.24, 2.45) is 0 Å². The Balaban J connectivity index is 1.58. The number of hydrogen-bond acceptors (Lipinski definition) is 8. The molecule has 0 radical (unpaired) electrons. The molecule has 1 amide bonds. The van der Waals surface area contributed by atoms with Crippen molar-refractivity contribution in [2.75, 3.05) is 23.9 Å². The highest BCUT2D eigenvalue weighted by Gasteiger charge is 2.33. The first kappa shape index (κ1) is 24.3. The average molecular weight is 504 g/mol. The van der Waals surface area contributed by atoms with Gasteiger partial charge in [-0.05, 0) is 49.6 Å². The third-order valence-electron chi connectivity index (χ3n) is 5.68. The van der Waals surface area contributed by atoms with Crippen LogP contribution in [0.1, 0.15) is 44.1 Å². The number of carbonyl (C=O) groups excluding carboxylic acids is 1. The lowest BCUT2D eigenvalue weighted by atomic mass is 9.90. The van der Waals surface area contributed by atoms with Gasteiger partial charge in [0.15, 0.2) is 5.16 Å². The Labute approximate surface area is 207 Å². The van der Waals surface area contributed by atoms with Crippen molar-refractivity contribution in [3.05, 3.63) is 34.7 Å². The minimum Gasteiger partial charge on any atom is -0.497 e. The van der Waals surface area contributed by atoms with Gasteiger partial charge in [-0.1, -0.05) is 37.4 Å². The zero-order chi connectivity index (χ0) is 23.4. The van der Waals surface area contributed by atoms with Gasteiger partial charge in [0, 0.05) is 28.1 Å². The average Bonchev–Trinajstić information content (AvgIpc) is 3.19. The van der Waals surface area contributed by atoms with Crippen molar-refractivity contribution in [1.29, 1.82) is 0 Å². The highest BCUT2D eigenvalue weighted by atomic mass is 32.2. The van der Waals surface area contributed by atoms with Crippen LogP contribution < -0.4 is 10.1 Å². The number of thiophene rings is 1. The number of methoxy groups -OCH3 is 1. The molecule has 3 heterocycles. The van der Waals surface area contributed by atoms with Crippen molar-refractivity contribution in [3.8, 4) is 5.75 Å². The fourth-order valence-electron chi connectivity index (χ4n) is 3.61. The molecular formula is C24H29N3O3S3. The van der Waals surface area contributed by atoms with Crippen LogP contribution in [-0.2, 0) is 22.6 Å². The van der Waals surface area contributed by atoms with E-state index in [-0.39, 0.29) is 17.3 Å². The number of nitrogens with one attached hydrogen (secondary N) is 1. The quantitative estimate of drug-likeness (QED) is 0.212. The first-order chi connectivity index (χ1) is 15.9. The molecule has 1 atom stereocenters. The third kappa shape index (κ3) is 5.65. The summed E-state index contributed by atoms with van der Waals surface area (Å²) in [5, 5.41) is 5.72. The van der Waals surface area contributed by atoms with Crippen LogP contribution >= 0.6 is 34.9 Å². The lowest BCUT2D eigenvalue weighted by Crippen LogP contribution is -2.33. The molecular weight excluding hydrogens is 474 g/mol. The molecule has 1 aliphatic heterocycles. The number of rotatable bonds is 9. The number of nitrogens with zero attached hydrogens (tertiary/aromatic N) is 2. The molecule has 6 nitrogen and oxygen atoms in total. The molecule has 0 fully saturated rings. The summed E-state index contributed by atoms with van der Waals surface area (Å²) in [6.45, 7) is 7.09. The summed E-state index contributed by atoms with van der Waals surface area (Å²) in [7, 11) is 1.62. The Bertz CT molecular complexity index is 1130. The van der Waals surface area contributed by atoms with E-state index in [0.717, 1.165) is 56.9 Å². The number of hydrogen-bond donors (Lipinski definition) is 1. The van der Waals surface area contributed by atoms with Crippen LogP contribution in [0.2, 0.25) is 0 Å². The number of fused-ring (bicyclic) bond motifs is 3. The molecule has 0 bridgehead atoms. The molecule has 1 N–H and O–H groups in total. The molecule has 176 valence electrons. The van der Waals surface area contributed by atoms with Gasteiger partial charge in [0.1, 0.15) is 15.6 Å². The fraction of sp³-hybridized carbons (Fsp3) is 0.458. The number of aromatic nitrogens is 2. The van der Waals surface area contributed by atoms with Gasteiger partial charge in [0.25, 0.3) is 0 Å². The summed E-state index contributed by atoms with van der Waals surface area (Å²) >= 11 is 4.85. The number of amides is 1. The number of benzene rings is 1. The van der Waals surface area contributed by atoms with Crippen LogP contribution in [-0.4, -0.2) is 40.1 Å². The van der Waals surface area contributed by atoms with E-state index in [0.29, 0.717) is 6.61 Å². The molecule has 0 unspecified atom stereocenters. The maximum absolute atomic E-state index is 12.7. The molecule has 1 aromatic carbocycles. The van der Waals surface area contributed by atoms with Crippen LogP contribution in [0.15, 0.2) is 34.4 Å². The van der Waals surface area contributed by atoms with E-state index in [4.69, 9.17) is 19.4 Å². The maximum Gasteiger partial charge on any atom is 0.234 e. The molecule has 33 heavy (non-hydrogen) atoms. The van der Waals surface area contributed by atoms with E-state index >= 15 is 0 Å². The van der Waals surface area contributed by atoms with E-state index in [1.807, 2.05) is 24.3 Å². The second-order valence-corrected chi connectivity index (χ2v) is 11.3. The normalized spacial score (nSPS) is 17.7. The molecule has 3 aromatic rings. The second-order valence-electron chi connectivity index (χ2n) is 8.18. The van der Waals surface area contributed by atoms with E-state index in [1.165, 1.54) is 22.2 Å². The molecule has 9 heteroatoms. The van der Waals surface area contributed by atoms with Crippen LogP contribution in [0.25, 0.3) is 10.2 Å². The van der Waals surface area contributed by atoms with Crippen LogP contribution in [0.4, 0.5) is 5.69 Å². The smallest absolute Gasteiger partial charge is 0.234 e. The van der Waals surface area contributed by atoms with Gasteiger partial charge >= 0.3 is 0 Å². The van der Waals surface area contributed by atoms with Gasteiger partial charge in [-0.2, -0.15) is 0 Å². The van der Waals surface area contributed by atoms with Gasteiger partial charge in [0.2, 0.25) is 5.91 Å². The highest BCUT2D eigenvalue weighted by Crippen LogP contribution is 2.43. The second kappa shape index (κ2) is 10.6. The van der Waals surface area contributed by atoms with Crippen molar-refractivity contribution in [2.45, 2.75) is 62.4 Å². The predicted octanol–water partition coefficient (Wildman–Crippen LogP) is 6.17. The molecule has 0 spiro atoms. The number of ether oxygens (including phenoxy) is 2. The van der Waals surface area contributed by atoms with Crippen LogP contribution in [0.3, 0.4) is 0 Å². The Morgan fingerprint density at radius 3 is 2.73 bits per heavy atom. The Hall–Kier alpha value is -1.81. The predicted molar refractivity (Wildman–Crippen MR) is 138 cm³/mol. The summed E-state index contributed by atoms with van der Waals surface area (Å²) in [5.41, 5.74) is 1.86. The summed E-state index contributed by atoms with van der Waals surface area (Å²) in [4.78, 5) is 24.6. The van der Waals surface area contributed by atoms with E-state index in [2.05, 4.69) is 26.1 Å². The first-order valence-electron chi connectivity index (χ1n) is 11.1. The van der Waals surface area contributed by atoms with Gasteiger partial charge in [0.05, 0.1) is 25.1 Å². The lowest BCUT2D eigenvalue weighted by molar-refractivity contribution is -0.113. The largest absolute Gasteiger partial charge is 0.497 e. The maximum atomic E-state index is 12.7. The van der Waals surface area contributed by atoms with Gasteiger partial charge in [-0.3, -0.25) is 4.79 Å². The number of thioether (sulfide) groups is 2. The van der Waals surface area contributed by atoms with Gasteiger partial charge in [-0.25, -0.2) is 9.97 Å². The van der Waals surface area contributed by atoms with Crippen molar-refractivity contribution >= 4 is 56.7 Å².